The fraction of sp³-hybridized carbons (Fsp3) is 0.333. The van der Waals surface area contributed by atoms with Crippen molar-refractivity contribution in [2.45, 2.75) is 38.8 Å². The minimum Gasteiger partial charge on any atom is -0.497 e. The van der Waals surface area contributed by atoms with Crippen LogP contribution in [0.1, 0.15) is 34.3 Å². The Kier molecular flexibility index (Phi) is 6.56. The number of hydrogen-bond acceptors (Lipinski definition) is 6. The first-order chi connectivity index (χ1) is 17.5. The number of rotatable bonds is 7. The van der Waals surface area contributed by atoms with Gasteiger partial charge in [-0.1, -0.05) is 18.2 Å². The van der Waals surface area contributed by atoms with Crippen LogP contribution < -0.4 is 21.1 Å². The largest absolute Gasteiger partial charge is 0.497 e. The molecule has 0 unspecified atom stereocenters. The zero-order chi connectivity index (χ0) is 25.2. The summed E-state index contributed by atoms with van der Waals surface area (Å²) in [6.45, 7) is 3.34. The number of benzene rings is 1. The second-order valence-electron chi connectivity index (χ2n) is 9.04. The smallest absolute Gasteiger partial charge is 0.267 e. The van der Waals surface area contributed by atoms with E-state index in [0.717, 1.165) is 29.7 Å². The van der Waals surface area contributed by atoms with E-state index in [1.807, 2.05) is 37.3 Å². The Morgan fingerprint density at radius 2 is 2.06 bits per heavy atom. The zero-order valence-electron chi connectivity index (χ0n) is 20.4. The highest BCUT2D eigenvalue weighted by molar-refractivity contribution is 5.96. The molecule has 9 heteroatoms. The molecular formula is C27H29N5O4. The van der Waals surface area contributed by atoms with E-state index in [0.29, 0.717) is 42.8 Å². The number of fused-ring (bicyclic) bond motifs is 2. The number of aryl methyl sites for hydroxylation is 3. The van der Waals surface area contributed by atoms with Crippen molar-refractivity contribution in [2.24, 2.45) is 0 Å². The molecule has 9 nitrogen and oxygen atoms in total. The van der Waals surface area contributed by atoms with Crippen molar-refractivity contribution in [3.8, 4) is 5.75 Å². The summed E-state index contributed by atoms with van der Waals surface area (Å²) < 4.78 is 14.0. The molecule has 0 radical (unpaired) electrons. The summed E-state index contributed by atoms with van der Waals surface area (Å²) in [5, 5.41) is 12.1. The fourth-order valence-corrected chi connectivity index (χ4v) is 4.63. The van der Waals surface area contributed by atoms with Crippen molar-refractivity contribution >= 4 is 22.6 Å². The lowest BCUT2D eigenvalue weighted by Crippen LogP contribution is -2.38. The maximum absolute atomic E-state index is 13.5. The number of carbonyl (C=O) groups excluding carboxylic acids is 1. The predicted molar refractivity (Wildman–Crippen MR) is 136 cm³/mol. The van der Waals surface area contributed by atoms with Gasteiger partial charge in [0.25, 0.3) is 11.5 Å². The maximum Gasteiger partial charge on any atom is 0.267 e. The van der Waals surface area contributed by atoms with E-state index in [9.17, 15) is 9.59 Å². The van der Waals surface area contributed by atoms with Crippen molar-refractivity contribution in [1.29, 1.82) is 5.41 Å². The second kappa shape index (κ2) is 9.94. The highest BCUT2D eigenvalue weighted by Gasteiger charge is 2.20. The molecule has 2 N–H and O–H groups in total. The normalized spacial score (nSPS) is 15.4. The van der Waals surface area contributed by atoms with E-state index in [4.69, 9.17) is 19.9 Å². The van der Waals surface area contributed by atoms with Crippen LogP contribution in [-0.4, -0.2) is 46.2 Å². The quantitative estimate of drug-likeness (QED) is 0.390. The molecule has 1 saturated heterocycles. The second-order valence-corrected chi connectivity index (χ2v) is 9.04. The van der Waals surface area contributed by atoms with Gasteiger partial charge in [-0.15, -0.1) is 0 Å². The number of nitrogens with zero attached hydrogens (tertiary/aromatic N) is 3. The number of amides is 1. The van der Waals surface area contributed by atoms with E-state index < -0.39 is 5.91 Å². The van der Waals surface area contributed by atoms with Crippen molar-refractivity contribution in [3.05, 3.63) is 81.2 Å². The highest BCUT2D eigenvalue weighted by Crippen LogP contribution is 2.16. The van der Waals surface area contributed by atoms with Crippen LogP contribution in [0.15, 0.2) is 53.5 Å². The van der Waals surface area contributed by atoms with Crippen molar-refractivity contribution in [1.82, 2.24) is 19.3 Å². The molecule has 5 rings (SSSR count). The molecular weight excluding hydrogens is 458 g/mol. The van der Waals surface area contributed by atoms with Crippen LogP contribution in [-0.2, 0) is 17.7 Å². The third kappa shape index (κ3) is 4.49. The first-order valence-electron chi connectivity index (χ1n) is 12.1. The SMILES string of the molecule is COc1ccc(CCn2c(=N)c(C(=O)NC[C@@H]3CCCO3)cc3c(=O)n4cccc(C)c4nc32)cc1. The topological polar surface area (TPSA) is 111 Å². The molecule has 1 aliphatic rings. The standard InChI is InChI=1S/C27H29N5O4/c1-17-5-3-12-32-24(17)30-25-22(27(32)34)15-21(26(33)29-16-20-6-4-14-36-20)23(28)31(25)13-11-18-7-9-19(35-2)10-8-18/h3,5,7-10,12,15,20,28H,4,6,11,13-14,16H2,1-2H3,(H,29,33)/t20-/m0/s1. The molecule has 186 valence electrons. The number of ether oxygens (including phenoxy) is 2. The summed E-state index contributed by atoms with van der Waals surface area (Å²) in [5.74, 6) is 0.365. The van der Waals surface area contributed by atoms with Gasteiger partial charge in [-0.25, -0.2) is 4.98 Å². The van der Waals surface area contributed by atoms with Crippen molar-refractivity contribution in [2.75, 3.05) is 20.3 Å². The zero-order valence-corrected chi connectivity index (χ0v) is 20.4. The van der Waals surface area contributed by atoms with Crippen LogP contribution in [0, 0.1) is 12.3 Å². The average molecular weight is 488 g/mol. The van der Waals surface area contributed by atoms with Crippen LogP contribution in [0.5, 0.6) is 5.75 Å². The molecule has 0 saturated carbocycles. The van der Waals surface area contributed by atoms with Gasteiger partial charge in [0.1, 0.15) is 22.5 Å². The van der Waals surface area contributed by atoms with Crippen molar-refractivity contribution in [3.63, 3.8) is 0 Å². The van der Waals surface area contributed by atoms with E-state index in [1.54, 1.807) is 23.9 Å². The molecule has 3 aromatic heterocycles. The lowest BCUT2D eigenvalue weighted by molar-refractivity contribution is 0.0856. The third-order valence-electron chi connectivity index (χ3n) is 6.68. The van der Waals surface area contributed by atoms with Gasteiger partial charge in [-0.05, 0) is 61.6 Å². The van der Waals surface area contributed by atoms with E-state index >= 15 is 0 Å². The summed E-state index contributed by atoms with van der Waals surface area (Å²) in [6, 6.07) is 12.9. The number of nitrogens with one attached hydrogen (secondary N) is 2. The highest BCUT2D eigenvalue weighted by atomic mass is 16.5. The number of methoxy groups -OCH3 is 1. The molecule has 1 amide bonds. The molecule has 36 heavy (non-hydrogen) atoms. The van der Waals surface area contributed by atoms with Gasteiger partial charge in [0.15, 0.2) is 0 Å². The Balaban J connectivity index is 1.60. The van der Waals surface area contributed by atoms with E-state index in [-0.39, 0.29) is 22.7 Å². The first-order valence-corrected chi connectivity index (χ1v) is 12.1. The number of carbonyl (C=O) groups is 1. The van der Waals surface area contributed by atoms with Gasteiger partial charge in [-0.3, -0.25) is 19.4 Å². The van der Waals surface area contributed by atoms with Crippen LogP contribution in [0.3, 0.4) is 0 Å². The molecule has 4 aromatic rings. The average Bonchev–Trinajstić information content (AvgIpc) is 3.41. The Hall–Kier alpha value is -3.98. The summed E-state index contributed by atoms with van der Waals surface area (Å²) >= 11 is 0. The molecule has 1 atom stereocenters. The summed E-state index contributed by atoms with van der Waals surface area (Å²) in [7, 11) is 1.62. The molecule has 0 bridgehead atoms. The molecule has 1 aliphatic heterocycles. The minimum atomic E-state index is -0.399. The van der Waals surface area contributed by atoms with Gasteiger partial charge >= 0.3 is 0 Å². The molecule has 0 aliphatic carbocycles. The van der Waals surface area contributed by atoms with Gasteiger partial charge in [-0.2, -0.15) is 0 Å². The van der Waals surface area contributed by atoms with Crippen LogP contribution in [0.2, 0.25) is 0 Å². The molecule has 0 spiro atoms. The number of hydrogen-bond donors (Lipinski definition) is 2. The molecule has 1 aromatic carbocycles. The van der Waals surface area contributed by atoms with Crippen molar-refractivity contribution < 1.29 is 14.3 Å². The van der Waals surface area contributed by atoms with Gasteiger partial charge in [0.05, 0.1) is 24.2 Å². The lowest BCUT2D eigenvalue weighted by Gasteiger charge is -2.16. The Bertz CT molecular complexity index is 1550. The summed E-state index contributed by atoms with van der Waals surface area (Å²) in [5.41, 5.74) is 2.70. The number of aromatic nitrogens is 3. The minimum absolute atomic E-state index is 0.0192. The monoisotopic (exact) mass is 487 g/mol. The lowest BCUT2D eigenvalue weighted by atomic mass is 10.1. The molecule has 4 heterocycles. The van der Waals surface area contributed by atoms with Crippen LogP contribution in [0.4, 0.5) is 0 Å². The van der Waals surface area contributed by atoms with E-state index in [1.165, 1.54) is 10.5 Å². The van der Waals surface area contributed by atoms with Gasteiger partial charge < -0.3 is 19.4 Å². The van der Waals surface area contributed by atoms with Crippen LogP contribution >= 0.6 is 0 Å². The van der Waals surface area contributed by atoms with Gasteiger partial charge in [0.2, 0.25) is 0 Å². The van der Waals surface area contributed by atoms with E-state index in [2.05, 4.69) is 5.32 Å². The summed E-state index contributed by atoms with van der Waals surface area (Å²) in [4.78, 5) is 31.4. The Morgan fingerprint density at radius 3 is 2.78 bits per heavy atom. The van der Waals surface area contributed by atoms with Gasteiger partial charge in [0, 0.05) is 25.9 Å². The fourth-order valence-electron chi connectivity index (χ4n) is 4.63. The number of pyridine rings is 2. The summed E-state index contributed by atoms with van der Waals surface area (Å²) in [6.07, 6.45) is 4.10. The van der Waals surface area contributed by atoms with Crippen LogP contribution in [0.25, 0.3) is 16.7 Å². The Morgan fingerprint density at radius 1 is 1.25 bits per heavy atom. The maximum atomic E-state index is 13.5. The third-order valence-corrected chi connectivity index (χ3v) is 6.68. The first kappa shape index (κ1) is 23.7. The Labute approximate surface area is 207 Å². The molecule has 1 fully saturated rings. The predicted octanol–water partition coefficient (Wildman–Crippen LogP) is 2.60.